The summed E-state index contributed by atoms with van der Waals surface area (Å²) in [5.74, 6) is 1.38. The first-order chi connectivity index (χ1) is 11.2. The van der Waals surface area contributed by atoms with Crippen LogP contribution < -0.4 is 0 Å². The van der Waals surface area contributed by atoms with Crippen LogP contribution >= 0.6 is 0 Å². The average Bonchev–Trinajstić information content (AvgIpc) is 3.17. The molecule has 1 unspecified atom stereocenters. The van der Waals surface area contributed by atoms with Gasteiger partial charge in [-0.3, -0.25) is 14.5 Å². The lowest BCUT2D eigenvalue weighted by atomic mass is 10.2. The summed E-state index contributed by atoms with van der Waals surface area (Å²) in [6.07, 6.45) is 3.89. The molecule has 0 amide bonds. The lowest BCUT2D eigenvalue weighted by Crippen LogP contribution is -2.46. The van der Waals surface area contributed by atoms with Gasteiger partial charge in [-0.15, -0.1) is 0 Å². The van der Waals surface area contributed by atoms with Crippen LogP contribution in [0.5, 0.6) is 0 Å². The Morgan fingerprint density at radius 2 is 2.09 bits per heavy atom. The molecule has 8 heteroatoms. The zero-order chi connectivity index (χ0) is 16.2. The van der Waals surface area contributed by atoms with Crippen molar-refractivity contribution in [2.24, 2.45) is 0 Å². The molecule has 0 aromatic carbocycles. The van der Waals surface area contributed by atoms with Gasteiger partial charge in [-0.2, -0.15) is 10.1 Å². The van der Waals surface area contributed by atoms with E-state index < -0.39 is 0 Å². The Kier molecular flexibility index (Phi) is 5.04. The molecule has 1 atom stereocenters. The van der Waals surface area contributed by atoms with Crippen molar-refractivity contribution in [3.8, 4) is 0 Å². The number of aliphatic hydroxyl groups excluding tert-OH is 1. The number of nitrogens with zero attached hydrogens (tertiary/aromatic N) is 6. The highest BCUT2D eigenvalue weighted by atomic mass is 16.5. The topological polar surface area (TPSA) is 83.5 Å². The molecule has 1 N–H and O–H groups in total. The Hall–Kier alpha value is -1.77. The Labute approximate surface area is 135 Å². The quantitative estimate of drug-likeness (QED) is 0.827. The fourth-order valence-electron chi connectivity index (χ4n) is 2.92. The van der Waals surface area contributed by atoms with Crippen LogP contribution in [0.3, 0.4) is 0 Å². The number of aromatic nitrogens is 4. The Bertz CT molecular complexity index is 617. The van der Waals surface area contributed by atoms with Crippen LogP contribution in [-0.4, -0.2) is 67.6 Å². The molecule has 2 aromatic rings. The van der Waals surface area contributed by atoms with E-state index in [1.165, 1.54) is 5.56 Å². The molecule has 23 heavy (non-hydrogen) atoms. The van der Waals surface area contributed by atoms with Crippen molar-refractivity contribution in [3.63, 3.8) is 0 Å². The standard InChI is InChI=1S/C15H24N6O2/c1-12(15-17-13(2)18-23-15)20-5-3-19(4-6-20)10-14-9-16-21(11-14)7-8-22/h9,11-12,22H,3-8,10H2,1-2H3. The van der Waals surface area contributed by atoms with E-state index in [1.807, 2.05) is 19.3 Å². The van der Waals surface area contributed by atoms with E-state index >= 15 is 0 Å². The third kappa shape index (κ3) is 3.95. The molecule has 1 saturated heterocycles. The molecule has 2 aromatic heterocycles. The van der Waals surface area contributed by atoms with Crippen LogP contribution in [0.1, 0.15) is 30.2 Å². The molecule has 0 spiro atoms. The highest BCUT2D eigenvalue weighted by Gasteiger charge is 2.25. The monoisotopic (exact) mass is 320 g/mol. The molecule has 0 saturated carbocycles. The predicted octanol–water partition coefficient (Wildman–Crippen LogP) is 0.446. The van der Waals surface area contributed by atoms with Gasteiger partial charge in [0.25, 0.3) is 0 Å². The van der Waals surface area contributed by atoms with E-state index in [0.29, 0.717) is 18.3 Å². The number of hydrogen-bond donors (Lipinski definition) is 1. The summed E-state index contributed by atoms with van der Waals surface area (Å²) in [6, 6.07) is 0.158. The zero-order valence-corrected chi connectivity index (χ0v) is 13.7. The number of hydrogen-bond acceptors (Lipinski definition) is 7. The number of piperazine rings is 1. The van der Waals surface area contributed by atoms with Crippen molar-refractivity contribution in [1.29, 1.82) is 0 Å². The number of aliphatic hydroxyl groups is 1. The van der Waals surface area contributed by atoms with Crippen molar-refractivity contribution in [2.45, 2.75) is 33.0 Å². The molecule has 1 fully saturated rings. The molecule has 0 aliphatic carbocycles. The van der Waals surface area contributed by atoms with E-state index in [-0.39, 0.29) is 12.6 Å². The third-order valence-electron chi connectivity index (χ3n) is 4.28. The molecule has 0 radical (unpaired) electrons. The molecule has 8 nitrogen and oxygen atoms in total. The molecule has 126 valence electrons. The largest absolute Gasteiger partial charge is 0.394 e. The smallest absolute Gasteiger partial charge is 0.243 e. The molecular formula is C15H24N6O2. The summed E-state index contributed by atoms with van der Waals surface area (Å²) in [4.78, 5) is 9.12. The van der Waals surface area contributed by atoms with Gasteiger partial charge in [-0.1, -0.05) is 5.16 Å². The fraction of sp³-hybridized carbons (Fsp3) is 0.667. The maximum atomic E-state index is 8.93. The summed E-state index contributed by atoms with van der Waals surface area (Å²) >= 11 is 0. The maximum absolute atomic E-state index is 8.93. The van der Waals surface area contributed by atoms with Crippen molar-refractivity contribution < 1.29 is 9.63 Å². The van der Waals surface area contributed by atoms with Gasteiger partial charge in [0.05, 0.1) is 25.4 Å². The normalized spacial score (nSPS) is 18.4. The Balaban J connectivity index is 1.49. The van der Waals surface area contributed by atoms with E-state index in [9.17, 15) is 0 Å². The van der Waals surface area contributed by atoms with E-state index in [0.717, 1.165) is 32.7 Å². The summed E-state index contributed by atoms with van der Waals surface area (Å²) in [7, 11) is 0. The lowest BCUT2D eigenvalue weighted by molar-refractivity contribution is 0.0845. The maximum Gasteiger partial charge on any atom is 0.243 e. The van der Waals surface area contributed by atoms with Crippen molar-refractivity contribution in [2.75, 3.05) is 32.8 Å². The minimum absolute atomic E-state index is 0.118. The first-order valence-electron chi connectivity index (χ1n) is 8.04. The minimum atomic E-state index is 0.118. The second-order valence-electron chi connectivity index (χ2n) is 6.00. The number of rotatable bonds is 6. The van der Waals surface area contributed by atoms with Crippen LogP contribution in [0, 0.1) is 6.92 Å². The fourth-order valence-corrected chi connectivity index (χ4v) is 2.92. The molecule has 0 bridgehead atoms. The summed E-state index contributed by atoms with van der Waals surface area (Å²) in [6.45, 7) is 9.48. The molecule has 3 heterocycles. The van der Waals surface area contributed by atoms with Gasteiger partial charge >= 0.3 is 0 Å². The van der Waals surface area contributed by atoms with Gasteiger partial charge in [0.2, 0.25) is 5.89 Å². The van der Waals surface area contributed by atoms with Gasteiger partial charge < -0.3 is 9.63 Å². The van der Waals surface area contributed by atoms with Crippen molar-refractivity contribution in [1.82, 2.24) is 29.7 Å². The second-order valence-corrected chi connectivity index (χ2v) is 6.00. The second kappa shape index (κ2) is 7.20. The van der Waals surface area contributed by atoms with Crippen LogP contribution in [0.4, 0.5) is 0 Å². The van der Waals surface area contributed by atoms with Crippen LogP contribution in [0.2, 0.25) is 0 Å². The third-order valence-corrected chi connectivity index (χ3v) is 4.28. The van der Waals surface area contributed by atoms with E-state index in [1.54, 1.807) is 4.68 Å². The predicted molar refractivity (Wildman–Crippen MR) is 83.6 cm³/mol. The van der Waals surface area contributed by atoms with Gasteiger partial charge in [0.15, 0.2) is 5.82 Å². The Morgan fingerprint density at radius 1 is 1.30 bits per heavy atom. The lowest BCUT2D eigenvalue weighted by Gasteiger charge is -2.36. The van der Waals surface area contributed by atoms with Crippen molar-refractivity contribution in [3.05, 3.63) is 29.7 Å². The molecule has 1 aliphatic heterocycles. The van der Waals surface area contributed by atoms with Crippen LogP contribution in [0.15, 0.2) is 16.9 Å². The molecular weight excluding hydrogens is 296 g/mol. The summed E-state index contributed by atoms with van der Waals surface area (Å²) in [5.41, 5.74) is 1.19. The van der Waals surface area contributed by atoms with Crippen LogP contribution in [-0.2, 0) is 13.1 Å². The average molecular weight is 320 g/mol. The van der Waals surface area contributed by atoms with Gasteiger partial charge in [0.1, 0.15) is 0 Å². The van der Waals surface area contributed by atoms with Crippen molar-refractivity contribution >= 4 is 0 Å². The number of aryl methyl sites for hydroxylation is 1. The minimum Gasteiger partial charge on any atom is -0.394 e. The van der Waals surface area contributed by atoms with E-state index in [2.05, 4.69) is 32.0 Å². The SMILES string of the molecule is Cc1noc(C(C)N2CCN(Cc3cnn(CCO)c3)CC2)n1. The summed E-state index contributed by atoms with van der Waals surface area (Å²) in [5, 5.41) is 17.1. The molecule has 3 rings (SSSR count). The molecule has 1 aliphatic rings. The first-order valence-corrected chi connectivity index (χ1v) is 8.04. The summed E-state index contributed by atoms with van der Waals surface area (Å²) < 4.78 is 7.06. The zero-order valence-electron chi connectivity index (χ0n) is 13.7. The highest BCUT2D eigenvalue weighted by molar-refractivity contribution is 5.04. The van der Waals surface area contributed by atoms with Gasteiger partial charge in [-0.25, -0.2) is 0 Å². The highest BCUT2D eigenvalue weighted by Crippen LogP contribution is 2.20. The van der Waals surface area contributed by atoms with Crippen LogP contribution in [0.25, 0.3) is 0 Å². The van der Waals surface area contributed by atoms with E-state index in [4.69, 9.17) is 9.63 Å². The van der Waals surface area contributed by atoms with Gasteiger partial charge in [0, 0.05) is 44.5 Å². The Morgan fingerprint density at radius 3 is 2.74 bits per heavy atom. The first kappa shape index (κ1) is 16.1. The van der Waals surface area contributed by atoms with Gasteiger partial charge in [-0.05, 0) is 13.8 Å².